The molecule has 7 heteroatoms. The summed E-state index contributed by atoms with van der Waals surface area (Å²) >= 11 is 0. The lowest BCUT2D eigenvalue weighted by molar-refractivity contribution is -0.146. The summed E-state index contributed by atoms with van der Waals surface area (Å²) in [5, 5.41) is 10.7. The lowest BCUT2D eigenvalue weighted by Crippen LogP contribution is -2.31. The molecule has 2 atom stereocenters. The summed E-state index contributed by atoms with van der Waals surface area (Å²) in [6.45, 7) is 3.66. The van der Waals surface area contributed by atoms with Crippen LogP contribution < -0.4 is 9.47 Å². The van der Waals surface area contributed by atoms with Gasteiger partial charge < -0.3 is 19.3 Å². The maximum atomic E-state index is 13.2. The predicted molar refractivity (Wildman–Crippen MR) is 106 cm³/mol. The molecular formula is C22H22FNO5. The number of carbonyl (C=O) groups is 1. The highest BCUT2D eigenvalue weighted by Gasteiger charge is 2.20. The van der Waals surface area contributed by atoms with Crippen molar-refractivity contribution in [2.45, 2.75) is 32.5 Å². The smallest absolute Gasteiger partial charge is 0.308 e. The molecule has 152 valence electrons. The molecule has 6 nitrogen and oxygen atoms in total. The first-order valence-corrected chi connectivity index (χ1v) is 9.29. The Morgan fingerprint density at radius 3 is 2.55 bits per heavy atom. The zero-order valence-electron chi connectivity index (χ0n) is 16.2. The highest BCUT2D eigenvalue weighted by Crippen LogP contribution is 2.25. The number of nitrogens with zero attached hydrogens (tertiary/aromatic N) is 1. The monoisotopic (exact) mass is 399 g/mol. The van der Waals surface area contributed by atoms with E-state index in [-0.39, 0.29) is 18.8 Å². The average molecular weight is 399 g/mol. The van der Waals surface area contributed by atoms with Crippen LogP contribution in [0, 0.1) is 5.82 Å². The molecule has 0 radical (unpaired) electrons. The second-order valence-electron chi connectivity index (χ2n) is 6.46. The number of aromatic nitrogens is 1. The first kappa shape index (κ1) is 20.5. The summed E-state index contributed by atoms with van der Waals surface area (Å²) in [6, 6.07) is 14.6. The molecule has 0 amide bonds. The fourth-order valence-corrected chi connectivity index (χ4v) is 2.69. The van der Waals surface area contributed by atoms with Crippen LogP contribution in [-0.4, -0.2) is 34.9 Å². The fraction of sp³-hybridized carbons (Fsp3) is 0.273. The average Bonchev–Trinajstić information content (AvgIpc) is 2.69. The molecule has 2 aromatic carbocycles. The van der Waals surface area contributed by atoms with Crippen LogP contribution in [0.15, 0.2) is 54.6 Å². The van der Waals surface area contributed by atoms with Crippen molar-refractivity contribution in [3.63, 3.8) is 0 Å². The number of benzene rings is 2. The quantitative estimate of drug-likeness (QED) is 0.571. The van der Waals surface area contributed by atoms with Crippen LogP contribution in [0.1, 0.15) is 20.3 Å². The van der Waals surface area contributed by atoms with Crippen molar-refractivity contribution in [3.05, 3.63) is 60.4 Å². The van der Waals surface area contributed by atoms with Gasteiger partial charge in [0, 0.05) is 11.5 Å². The second-order valence-corrected chi connectivity index (χ2v) is 6.46. The molecule has 0 saturated heterocycles. The number of halogens is 1. The Labute approximate surface area is 167 Å². The van der Waals surface area contributed by atoms with Crippen LogP contribution >= 0.6 is 0 Å². The van der Waals surface area contributed by atoms with Gasteiger partial charge in [0.05, 0.1) is 18.5 Å². The largest absolute Gasteiger partial charge is 0.488 e. The van der Waals surface area contributed by atoms with Gasteiger partial charge in [0.2, 0.25) is 5.88 Å². The molecule has 3 aromatic rings. The van der Waals surface area contributed by atoms with Gasteiger partial charge in [-0.2, -0.15) is 0 Å². The second kappa shape index (κ2) is 9.34. The topological polar surface area (TPSA) is 77.9 Å². The van der Waals surface area contributed by atoms with Gasteiger partial charge >= 0.3 is 5.97 Å². The number of rotatable bonds is 8. The maximum Gasteiger partial charge on any atom is 0.308 e. The summed E-state index contributed by atoms with van der Waals surface area (Å²) in [6.07, 6.45) is -1.70. The minimum absolute atomic E-state index is 0.131. The number of hydrogen-bond donors (Lipinski definition) is 1. The molecule has 29 heavy (non-hydrogen) atoms. The van der Waals surface area contributed by atoms with Crippen LogP contribution in [0.3, 0.4) is 0 Å². The van der Waals surface area contributed by atoms with Crippen molar-refractivity contribution in [3.8, 4) is 17.4 Å². The normalized spacial score (nSPS) is 13.0. The van der Waals surface area contributed by atoms with E-state index in [2.05, 4.69) is 4.98 Å². The van der Waals surface area contributed by atoms with Gasteiger partial charge in [0.1, 0.15) is 29.5 Å². The Bertz CT molecular complexity index is 977. The van der Waals surface area contributed by atoms with Crippen molar-refractivity contribution in [1.82, 2.24) is 4.98 Å². The van der Waals surface area contributed by atoms with Crippen LogP contribution in [0.2, 0.25) is 0 Å². The minimum atomic E-state index is -0.975. The Morgan fingerprint density at radius 2 is 1.83 bits per heavy atom. The standard InChI is InChI=1S/C22H22FNO5/c1-3-27-22(26)13-20(25)14(2)28-17-6-8-18(9-7-17)29-21-11-4-15-12-16(23)5-10-19(15)24-21/h4-12,14,20,25H,3,13H2,1-2H3. The lowest BCUT2D eigenvalue weighted by Gasteiger charge is -2.20. The molecule has 0 fully saturated rings. The van der Waals surface area contributed by atoms with E-state index in [1.807, 2.05) is 0 Å². The highest BCUT2D eigenvalue weighted by molar-refractivity contribution is 5.79. The lowest BCUT2D eigenvalue weighted by atomic mass is 10.1. The van der Waals surface area contributed by atoms with Gasteiger partial charge in [-0.1, -0.05) is 0 Å². The molecule has 1 heterocycles. The molecule has 1 aromatic heterocycles. The molecular weight excluding hydrogens is 377 g/mol. The van der Waals surface area contributed by atoms with E-state index in [0.29, 0.717) is 28.3 Å². The molecule has 1 N–H and O–H groups in total. The molecule has 0 bridgehead atoms. The SMILES string of the molecule is CCOC(=O)CC(O)C(C)Oc1ccc(Oc2ccc3cc(F)ccc3n2)cc1. The van der Waals surface area contributed by atoms with E-state index in [9.17, 15) is 14.3 Å². The van der Waals surface area contributed by atoms with Gasteiger partial charge in [-0.05, 0) is 62.4 Å². The van der Waals surface area contributed by atoms with E-state index < -0.39 is 18.2 Å². The summed E-state index contributed by atoms with van der Waals surface area (Å²) < 4.78 is 29.5. The molecule has 0 spiro atoms. The number of ether oxygens (including phenoxy) is 3. The predicted octanol–water partition coefficient (Wildman–Crippen LogP) is 4.25. The van der Waals surface area contributed by atoms with Gasteiger partial charge in [0.15, 0.2) is 0 Å². The summed E-state index contributed by atoms with van der Waals surface area (Å²) in [7, 11) is 0. The van der Waals surface area contributed by atoms with Gasteiger partial charge in [-0.25, -0.2) is 9.37 Å². The number of aliphatic hydroxyl groups is 1. The molecule has 0 aliphatic carbocycles. The highest BCUT2D eigenvalue weighted by atomic mass is 19.1. The van der Waals surface area contributed by atoms with E-state index in [1.165, 1.54) is 12.1 Å². The number of carbonyl (C=O) groups excluding carboxylic acids is 1. The third-order valence-electron chi connectivity index (χ3n) is 4.22. The van der Waals surface area contributed by atoms with Crippen LogP contribution in [-0.2, 0) is 9.53 Å². The Morgan fingerprint density at radius 1 is 1.10 bits per heavy atom. The minimum Gasteiger partial charge on any atom is -0.488 e. The van der Waals surface area contributed by atoms with E-state index >= 15 is 0 Å². The third kappa shape index (κ3) is 5.65. The summed E-state index contributed by atoms with van der Waals surface area (Å²) in [4.78, 5) is 15.8. The van der Waals surface area contributed by atoms with Crippen molar-refractivity contribution in [2.24, 2.45) is 0 Å². The molecule has 0 aliphatic rings. The van der Waals surface area contributed by atoms with Crippen LogP contribution in [0.4, 0.5) is 4.39 Å². The number of fused-ring (bicyclic) bond motifs is 1. The van der Waals surface area contributed by atoms with Crippen molar-refractivity contribution in [2.75, 3.05) is 6.61 Å². The molecule has 2 unspecified atom stereocenters. The van der Waals surface area contributed by atoms with E-state index in [1.54, 1.807) is 56.3 Å². The van der Waals surface area contributed by atoms with Crippen molar-refractivity contribution < 1.29 is 28.5 Å². The van der Waals surface area contributed by atoms with Gasteiger partial charge in [0.25, 0.3) is 0 Å². The third-order valence-corrected chi connectivity index (χ3v) is 4.22. The first-order valence-electron chi connectivity index (χ1n) is 9.29. The van der Waals surface area contributed by atoms with Gasteiger partial charge in [-0.15, -0.1) is 0 Å². The van der Waals surface area contributed by atoms with Gasteiger partial charge in [-0.3, -0.25) is 4.79 Å². The number of hydrogen-bond acceptors (Lipinski definition) is 6. The van der Waals surface area contributed by atoms with E-state index in [4.69, 9.17) is 14.2 Å². The summed E-state index contributed by atoms with van der Waals surface area (Å²) in [5.41, 5.74) is 0.633. The Kier molecular flexibility index (Phi) is 6.61. The molecule has 3 rings (SSSR count). The van der Waals surface area contributed by atoms with E-state index in [0.717, 1.165) is 0 Å². The van der Waals surface area contributed by atoms with Crippen molar-refractivity contribution >= 4 is 16.9 Å². The fourth-order valence-electron chi connectivity index (χ4n) is 2.69. The van der Waals surface area contributed by atoms with Crippen LogP contribution in [0.25, 0.3) is 10.9 Å². The number of pyridine rings is 1. The number of esters is 1. The van der Waals surface area contributed by atoms with Crippen LogP contribution in [0.5, 0.6) is 17.4 Å². The number of aliphatic hydroxyl groups excluding tert-OH is 1. The zero-order valence-corrected chi connectivity index (χ0v) is 16.2. The molecule has 0 saturated carbocycles. The molecule has 0 aliphatic heterocycles. The summed E-state index contributed by atoms with van der Waals surface area (Å²) in [5.74, 6) is 0.673. The zero-order chi connectivity index (χ0) is 20.8. The Balaban J connectivity index is 1.60. The maximum absolute atomic E-state index is 13.2. The van der Waals surface area contributed by atoms with Crippen molar-refractivity contribution in [1.29, 1.82) is 0 Å². The Hall–Kier alpha value is -3.19. The first-order chi connectivity index (χ1) is 13.9.